The van der Waals surface area contributed by atoms with Gasteiger partial charge in [0.2, 0.25) is 0 Å². The average Bonchev–Trinajstić information content (AvgIpc) is 2.54. The summed E-state index contributed by atoms with van der Waals surface area (Å²) in [7, 11) is 0. The van der Waals surface area contributed by atoms with Gasteiger partial charge in [0.25, 0.3) is 0 Å². The summed E-state index contributed by atoms with van der Waals surface area (Å²) in [6.07, 6.45) is 8.07. The molecular formula is C18H33FN2OSn. The number of halogens is 1. The molecule has 0 saturated carbocycles. The van der Waals surface area contributed by atoms with Gasteiger partial charge in [0.15, 0.2) is 0 Å². The van der Waals surface area contributed by atoms with Crippen molar-refractivity contribution in [3.05, 3.63) is 17.8 Å². The summed E-state index contributed by atoms with van der Waals surface area (Å²) in [5.74, 6) is -0.567. The van der Waals surface area contributed by atoms with Crippen LogP contribution in [0.25, 0.3) is 0 Å². The summed E-state index contributed by atoms with van der Waals surface area (Å²) in [4.78, 5) is 8.56. The molecule has 1 aromatic rings. The van der Waals surface area contributed by atoms with E-state index in [-0.39, 0.29) is 5.69 Å². The van der Waals surface area contributed by atoms with Crippen molar-refractivity contribution in [2.45, 2.75) is 85.6 Å². The first-order valence-corrected chi connectivity index (χ1v) is 16.7. The summed E-state index contributed by atoms with van der Waals surface area (Å²) in [6, 6.07) is 0. The Bertz CT molecular complexity index is 447. The summed E-state index contributed by atoms with van der Waals surface area (Å²) in [6.45, 7) is 8.20. The van der Waals surface area contributed by atoms with Crippen molar-refractivity contribution < 1.29 is 9.50 Å². The molecule has 0 spiro atoms. The van der Waals surface area contributed by atoms with E-state index in [0.717, 1.165) is 3.71 Å². The number of unbranched alkanes of at least 4 members (excludes halogenated alkanes) is 3. The third-order valence-electron chi connectivity index (χ3n) is 4.72. The predicted octanol–water partition coefficient (Wildman–Crippen LogP) is 4.73. The molecule has 0 aliphatic carbocycles. The zero-order chi connectivity index (χ0) is 17.3. The first-order valence-electron chi connectivity index (χ1n) is 9.21. The molecule has 5 heteroatoms. The van der Waals surface area contributed by atoms with Gasteiger partial charge in [-0.2, -0.15) is 0 Å². The molecule has 1 aromatic heterocycles. The van der Waals surface area contributed by atoms with E-state index in [1.165, 1.54) is 58.8 Å². The first kappa shape index (κ1) is 20.8. The van der Waals surface area contributed by atoms with Crippen LogP contribution < -0.4 is 3.71 Å². The van der Waals surface area contributed by atoms with Gasteiger partial charge >= 0.3 is 145 Å². The van der Waals surface area contributed by atoms with Gasteiger partial charge in [-0.1, -0.05) is 0 Å². The van der Waals surface area contributed by atoms with Gasteiger partial charge in [0.05, 0.1) is 0 Å². The molecule has 0 aliphatic rings. The van der Waals surface area contributed by atoms with Crippen LogP contribution >= 0.6 is 0 Å². The molecule has 0 fully saturated rings. The molecule has 1 N–H and O–H groups in total. The fourth-order valence-electron chi connectivity index (χ4n) is 3.22. The van der Waals surface area contributed by atoms with Crippen LogP contribution in [0.3, 0.4) is 0 Å². The Labute approximate surface area is 145 Å². The molecular weight excluding hydrogens is 398 g/mol. The number of aliphatic hydroxyl groups excluding tert-OH is 1. The molecule has 23 heavy (non-hydrogen) atoms. The Balaban J connectivity index is 3.20. The molecule has 1 unspecified atom stereocenters. The van der Waals surface area contributed by atoms with Crippen LogP contribution in [0.15, 0.2) is 6.20 Å². The maximum absolute atomic E-state index is 14.3. The number of rotatable bonds is 11. The monoisotopic (exact) mass is 432 g/mol. The second kappa shape index (κ2) is 10.6. The van der Waals surface area contributed by atoms with Gasteiger partial charge in [0.1, 0.15) is 0 Å². The van der Waals surface area contributed by atoms with Gasteiger partial charge in [-0.3, -0.25) is 0 Å². The Morgan fingerprint density at radius 3 is 1.87 bits per heavy atom. The third-order valence-corrected chi connectivity index (χ3v) is 19.7. The molecule has 1 heterocycles. The summed E-state index contributed by atoms with van der Waals surface area (Å²) in [5, 5.41) is 9.60. The van der Waals surface area contributed by atoms with Crippen LogP contribution in [-0.2, 0) is 0 Å². The van der Waals surface area contributed by atoms with Gasteiger partial charge in [-0.25, -0.2) is 0 Å². The molecule has 0 saturated heterocycles. The van der Waals surface area contributed by atoms with Crippen molar-refractivity contribution in [3.63, 3.8) is 0 Å². The summed E-state index contributed by atoms with van der Waals surface area (Å²) >= 11 is -2.71. The van der Waals surface area contributed by atoms with Crippen LogP contribution in [0, 0.1) is 5.95 Å². The molecule has 132 valence electrons. The van der Waals surface area contributed by atoms with Gasteiger partial charge in [-0.15, -0.1) is 0 Å². The molecule has 0 aliphatic heterocycles. The third kappa shape index (κ3) is 5.96. The summed E-state index contributed by atoms with van der Waals surface area (Å²) < 4.78 is 19.0. The SMILES string of the molecule is CCC[CH2][Sn]([CH2]CCC)([CH2]CCC)[c]1cnc(C(C)O)c(F)n1. The second-order valence-corrected chi connectivity index (χ2v) is 19.7. The predicted molar refractivity (Wildman–Crippen MR) is 97.2 cm³/mol. The topological polar surface area (TPSA) is 46.0 Å². The van der Waals surface area contributed by atoms with Crippen molar-refractivity contribution in [1.82, 2.24) is 9.97 Å². The normalized spacial score (nSPS) is 13.3. The Morgan fingerprint density at radius 1 is 1.04 bits per heavy atom. The minimum absolute atomic E-state index is 0.0791. The number of hydrogen-bond acceptors (Lipinski definition) is 3. The fraction of sp³-hybridized carbons (Fsp3) is 0.778. The average molecular weight is 431 g/mol. The van der Waals surface area contributed by atoms with Gasteiger partial charge in [-0.05, 0) is 0 Å². The van der Waals surface area contributed by atoms with Crippen LogP contribution in [0.5, 0.6) is 0 Å². The van der Waals surface area contributed by atoms with Crippen LogP contribution in [0.4, 0.5) is 4.39 Å². The number of aromatic nitrogens is 2. The van der Waals surface area contributed by atoms with E-state index in [0.29, 0.717) is 0 Å². The minimum atomic E-state index is -2.71. The number of nitrogens with zero attached hydrogens (tertiary/aromatic N) is 2. The Hall–Kier alpha value is -0.231. The Morgan fingerprint density at radius 2 is 1.52 bits per heavy atom. The van der Waals surface area contributed by atoms with Crippen molar-refractivity contribution in [1.29, 1.82) is 0 Å². The zero-order valence-corrected chi connectivity index (χ0v) is 18.1. The van der Waals surface area contributed by atoms with E-state index in [1.807, 2.05) is 0 Å². The van der Waals surface area contributed by atoms with E-state index >= 15 is 0 Å². The standard InChI is InChI=1S/C6H6FN2O.3C4H9.Sn/c1-4(10)5-6(7)9-3-2-8-5;3*1-3-4-2;/h2,4,10H,1H3;3*1,3-4H2,2H3;. The van der Waals surface area contributed by atoms with Crippen molar-refractivity contribution in [2.75, 3.05) is 0 Å². The van der Waals surface area contributed by atoms with E-state index in [4.69, 9.17) is 0 Å². The molecule has 1 atom stereocenters. The number of hydrogen-bond donors (Lipinski definition) is 1. The van der Waals surface area contributed by atoms with Crippen molar-refractivity contribution in [3.8, 4) is 0 Å². The van der Waals surface area contributed by atoms with E-state index in [2.05, 4.69) is 30.7 Å². The zero-order valence-electron chi connectivity index (χ0n) is 15.2. The summed E-state index contributed by atoms with van der Waals surface area (Å²) in [5.41, 5.74) is 0.0791. The quantitative estimate of drug-likeness (QED) is 0.516. The fourth-order valence-corrected chi connectivity index (χ4v) is 18.3. The molecule has 0 aromatic carbocycles. The molecule has 1 rings (SSSR count). The van der Waals surface area contributed by atoms with E-state index < -0.39 is 30.4 Å². The second-order valence-electron chi connectivity index (χ2n) is 6.70. The van der Waals surface area contributed by atoms with E-state index in [1.54, 1.807) is 6.20 Å². The van der Waals surface area contributed by atoms with Gasteiger partial charge in [0, 0.05) is 0 Å². The van der Waals surface area contributed by atoms with E-state index in [9.17, 15) is 9.50 Å². The first-order chi connectivity index (χ1) is 11.0. The Kier molecular flexibility index (Phi) is 9.59. The molecule has 0 radical (unpaired) electrons. The van der Waals surface area contributed by atoms with Crippen LogP contribution in [-0.4, -0.2) is 33.5 Å². The molecule has 0 bridgehead atoms. The van der Waals surface area contributed by atoms with Gasteiger partial charge < -0.3 is 0 Å². The molecule has 3 nitrogen and oxygen atoms in total. The maximum atomic E-state index is 14.3. The van der Waals surface area contributed by atoms with Crippen molar-refractivity contribution in [2.24, 2.45) is 0 Å². The van der Waals surface area contributed by atoms with Crippen LogP contribution in [0.1, 0.15) is 78.0 Å². The van der Waals surface area contributed by atoms with Crippen LogP contribution in [0.2, 0.25) is 13.3 Å². The molecule has 0 amide bonds. The number of aliphatic hydroxyl groups is 1. The van der Waals surface area contributed by atoms with Crippen molar-refractivity contribution >= 4 is 22.1 Å².